The summed E-state index contributed by atoms with van der Waals surface area (Å²) in [5, 5.41) is 0. The molecule has 1 aromatic heterocycles. The first kappa shape index (κ1) is 20.5. The van der Waals surface area contributed by atoms with Gasteiger partial charge in [-0.3, -0.25) is 9.78 Å². The number of ether oxygens (including phenoxy) is 1. The molecule has 4 rings (SSSR count). The Morgan fingerprint density at radius 3 is 2.27 bits per heavy atom. The number of hydrogen-bond acceptors (Lipinski definition) is 7. The molecule has 3 heterocycles. The van der Waals surface area contributed by atoms with Gasteiger partial charge >= 0.3 is 0 Å². The molecule has 0 unspecified atom stereocenters. The van der Waals surface area contributed by atoms with Crippen LogP contribution in [0, 0.1) is 0 Å². The van der Waals surface area contributed by atoms with Crippen molar-refractivity contribution in [2.45, 2.75) is 17.7 Å². The van der Waals surface area contributed by atoms with Crippen molar-refractivity contribution < 1.29 is 17.9 Å². The summed E-state index contributed by atoms with van der Waals surface area (Å²) in [4.78, 5) is 25.3. The Balaban J connectivity index is 1.43. The van der Waals surface area contributed by atoms with Gasteiger partial charge in [-0.25, -0.2) is 13.4 Å². The Kier molecular flexibility index (Phi) is 5.87. The molecular weight excluding hydrogens is 406 g/mol. The fraction of sp³-hybridized carbons (Fsp3) is 0.450. The van der Waals surface area contributed by atoms with E-state index in [9.17, 15) is 13.2 Å². The molecule has 0 saturated carbocycles. The van der Waals surface area contributed by atoms with Crippen molar-refractivity contribution >= 4 is 21.7 Å². The van der Waals surface area contributed by atoms with Gasteiger partial charge in [0.25, 0.3) is 5.91 Å². The maximum absolute atomic E-state index is 12.9. The third kappa shape index (κ3) is 4.10. The zero-order valence-electron chi connectivity index (χ0n) is 16.9. The molecule has 9 nitrogen and oxygen atoms in total. The van der Waals surface area contributed by atoms with Gasteiger partial charge in [0.15, 0.2) is 0 Å². The van der Waals surface area contributed by atoms with Crippen molar-refractivity contribution in [3.8, 4) is 5.75 Å². The quantitative estimate of drug-likeness (QED) is 0.703. The van der Waals surface area contributed by atoms with Gasteiger partial charge in [0.2, 0.25) is 10.0 Å². The molecule has 30 heavy (non-hydrogen) atoms. The maximum Gasteiger partial charge on any atom is 0.274 e. The van der Waals surface area contributed by atoms with Crippen LogP contribution in [0.15, 0.2) is 41.6 Å². The average Bonchev–Trinajstić information content (AvgIpc) is 3.34. The number of nitrogens with zero attached hydrogens (tertiary/aromatic N) is 5. The number of benzene rings is 1. The highest BCUT2D eigenvalue weighted by atomic mass is 32.2. The number of methoxy groups -OCH3 is 1. The van der Waals surface area contributed by atoms with E-state index in [2.05, 4.69) is 9.97 Å². The minimum atomic E-state index is -3.57. The first-order chi connectivity index (χ1) is 14.5. The molecular formula is C20H25N5O4S. The van der Waals surface area contributed by atoms with E-state index < -0.39 is 10.0 Å². The molecule has 0 atom stereocenters. The summed E-state index contributed by atoms with van der Waals surface area (Å²) < 4.78 is 32.4. The van der Waals surface area contributed by atoms with Crippen molar-refractivity contribution in [1.29, 1.82) is 0 Å². The second-order valence-electron chi connectivity index (χ2n) is 7.33. The molecule has 1 aromatic carbocycles. The average molecular weight is 432 g/mol. The molecule has 2 aromatic rings. The van der Waals surface area contributed by atoms with Crippen LogP contribution < -0.4 is 9.64 Å². The number of anilines is 1. The number of piperazine rings is 1. The lowest BCUT2D eigenvalue weighted by atomic mass is 10.3. The van der Waals surface area contributed by atoms with Gasteiger partial charge in [-0.15, -0.1) is 0 Å². The van der Waals surface area contributed by atoms with Crippen LogP contribution >= 0.6 is 0 Å². The molecule has 0 N–H and O–H groups in total. The maximum atomic E-state index is 12.9. The molecule has 2 aliphatic heterocycles. The van der Waals surface area contributed by atoms with Crippen LogP contribution in [0.3, 0.4) is 0 Å². The van der Waals surface area contributed by atoms with Crippen molar-refractivity contribution in [2.75, 3.05) is 51.3 Å². The summed E-state index contributed by atoms with van der Waals surface area (Å²) in [5.74, 6) is 1.12. The van der Waals surface area contributed by atoms with Crippen LogP contribution in [-0.4, -0.2) is 79.9 Å². The number of likely N-dealkylation sites (tertiary alicyclic amines) is 1. The predicted octanol–water partition coefficient (Wildman–Crippen LogP) is 1.23. The van der Waals surface area contributed by atoms with Gasteiger partial charge in [0, 0.05) is 39.3 Å². The smallest absolute Gasteiger partial charge is 0.274 e. The number of sulfonamides is 1. The Morgan fingerprint density at radius 2 is 1.63 bits per heavy atom. The highest BCUT2D eigenvalue weighted by Crippen LogP contribution is 2.22. The first-order valence-electron chi connectivity index (χ1n) is 9.99. The van der Waals surface area contributed by atoms with Crippen LogP contribution in [0.1, 0.15) is 23.3 Å². The number of carbonyl (C=O) groups is 1. The fourth-order valence-electron chi connectivity index (χ4n) is 3.75. The molecule has 0 aliphatic carbocycles. The number of aromatic nitrogens is 2. The van der Waals surface area contributed by atoms with Crippen LogP contribution in [0.2, 0.25) is 0 Å². The standard InChI is InChI=1S/C20H25N5O4S/c1-29-16-4-6-17(7-5-16)30(27,28)25-12-10-23(11-13-25)19-15-21-14-18(22-19)20(26)24-8-2-3-9-24/h4-7,14-15H,2-3,8-13H2,1H3. The first-order valence-corrected chi connectivity index (χ1v) is 11.4. The topological polar surface area (TPSA) is 95.9 Å². The summed E-state index contributed by atoms with van der Waals surface area (Å²) in [6.07, 6.45) is 5.15. The second-order valence-corrected chi connectivity index (χ2v) is 9.27. The van der Waals surface area contributed by atoms with E-state index in [1.165, 1.54) is 10.5 Å². The highest BCUT2D eigenvalue weighted by Gasteiger charge is 2.29. The molecule has 0 radical (unpaired) electrons. The Labute approximate surface area is 176 Å². The summed E-state index contributed by atoms with van der Waals surface area (Å²) >= 11 is 0. The Hall–Kier alpha value is -2.72. The van der Waals surface area contributed by atoms with Gasteiger partial charge in [-0.05, 0) is 37.1 Å². The zero-order valence-corrected chi connectivity index (χ0v) is 17.7. The largest absolute Gasteiger partial charge is 0.497 e. The molecule has 2 fully saturated rings. The summed E-state index contributed by atoms with van der Waals surface area (Å²) in [6, 6.07) is 6.39. The number of rotatable bonds is 5. The number of carbonyl (C=O) groups excluding carboxylic acids is 1. The lowest BCUT2D eigenvalue weighted by molar-refractivity contribution is 0.0786. The van der Waals surface area contributed by atoms with E-state index >= 15 is 0 Å². The number of hydrogen-bond donors (Lipinski definition) is 0. The highest BCUT2D eigenvalue weighted by molar-refractivity contribution is 7.89. The van der Waals surface area contributed by atoms with E-state index in [4.69, 9.17) is 4.74 Å². The van der Waals surface area contributed by atoms with Crippen molar-refractivity contribution in [1.82, 2.24) is 19.2 Å². The summed E-state index contributed by atoms with van der Waals surface area (Å²) in [6.45, 7) is 3.14. The SMILES string of the molecule is COc1ccc(S(=O)(=O)N2CCN(c3cncc(C(=O)N4CCCC4)n3)CC2)cc1. The van der Waals surface area contributed by atoms with E-state index in [0.717, 1.165) is 25.9 Å². The minimum absolute atomic E-state index is 0.0948. The lowest BCUT2D eigenvalue weighted by Gasteiger charge is -2.34. The van der Waals surface area contributed by atoms with Crippen molar-refractivity contribution in [3.63, 3.8) is 0 Å². The van der Waals surface area contributed by atoms with E-state index in [1.807, 2.05) is 4.90 Å². The van der Waals surface area contributed by atoms with Crippen LogP contribution in [0.5, 0.6) is 5.75 Å². The van der Waals surface area contributed by atoms with E-state index in [0.29, 0.717) is 43.4 Å². The van der Waals surface area contributed by atoms with E-state index in [1.54, 1.807) is 42.5 Å². The Morgan fingerprint density at radius 1 is 0.967 bits per heavy atom. The summed E-state index contributed by atoms with van der Waals surface area (Å²) in [7, 11) is -2.03. The molecule has 2 saturated heterocycles. The fourth-order valence-corrected chi connectivity index (χ4v) is 5.17. The molecule has 1 amide bonds. The molecule has 0 bridgehead atoms. The second kappa shape index (κ2) is 8.57. The molecule has 10 heteroatoms. The van der Waals surface area contributed by atoms with Crippen LogP contribution in [0.25, 0.3) is 0 Å². The van der Waals surface area contributed by atoms with Gasteiger partial charge in [0.1, 0.15) is 17.3 Å². The van der Waals surface area contributed by atoms with Crippen molar-refractivity contribution in [2.24, 2.45) is 0 Å². The molecule has 160 valence electrons. The lowest BCUT2D eigenvalue weighted by Crippen LogP contribution is -2.49. The van der Waals surface area contributed by atoms with Gasteiger partial charge < -0.3 is 14.5 Å². The third-order valence-corrected chi connectivity index (χ3v) is 7.41. The van der Waals surface area contributed by atoms with Gasteiger partial charge in [0.05, 0.1) is 24.4 Å². The van der Waals surface area contributed by atoms with Crippen LogP contribution in [-0.2, 0) is 10.0 Å². The normalized spacial score (nSPS) is 17.9. The van der Waals surface area contributed by atoms with E-state index in [-0.39, 0.29) is 10.8 Å². The predicted molar refractivity (Wildman–Crippen MR) is 111 cm³/mol. The molecule has 0 spiro atoms. The third-order valence-electron chi connectivity index (χ3n) is 5.49. The van der Waals surface area contributed by atoms with Crippen molar-refractivity contribution in [3.05, 3.63) is 42.4 Å². The van der Waals surface area contributed by atoms with Crippen LogP contribution in [0.4, 0.5) is 5.82 Å². The zero-order chi connectivity index (χ0) is 21.1. The summed E-state index contributed by atoms with van der Waals surface area (Å²) in [5.41, 5.74) is 0.336. The van der Waals surface area contributed by atoms with Gasteiger partial charge in [-0.1, -0.05) is 0 Å². The minimum Gasteiger partial charge on any atom is -0.497 e. The monoisotopic (exact) mass is 431 g/mol. The number of amides is 1. The molecule has 2 aliphatic rings. The Bertz CT molecular complexity index is 998. The van der Waals surface area contributed by atoms with Gasteiger partial charge in [-0.2, -0.15) is 4.31 Å².